The van der Waals surface area contributed by atoms with E-state index in [-0.39, 0.29) is 11.7 Å². The van der Waals surface area contributed by atoms with Crippen molar-refractivity contribution in [3.63, 3.8) is 0 Å². The summed E-state index contributed by atoms with van der Waals surface area (Å²) in [6.45, 7) is 4.18. The molecule has 4 rings (SSSR count). The Bertz CT molecular complexity index is 975. The van der Waals surface area contributed by atoms with Crippen molar-refractivity contribution < 1.29 is 18.8 Å². The van der Waals surface area contributed by atoms with Gasteiger partial charge in [-0.2, -0.15) is 0 Å². The average Bonchev–Trinajstić information content (AvgIpc) is 3.50. The van der Waals surface area contributed by atoms with Crippen LogP contribution in [0.25, 0.3) is 16.7 Å². The lowest BCUT2D eigenvalue weighted by Crippen LogP contribution is -2.55. The number of nitrogens with one attached hydrogen (secondary N) is 2. The van der Waals surface area contributed by atoms with E-state index in [4.69, 9.17) is 4.74 Å². The highest BCUT2D eigenvalue weighted by Crippen LogP contribution is 2.41. The SMILES string of the molecule is COC(=C1CC1)c1[nH]c2ccccc2c1NC(=O)C[N+]1(CC(C)=O)CCCCCC1. The molecule has 1 amide bonds. The fraction of sp³-hybridized carbons (Fsp3) is 0.500. The first-order valence-electron chi connectivity index (χ1n) is 11.0. The molecule has 1 aromatic heterocycles. The van der Waals surface area contributed by atoms with Gasteiger partial charge >= 0.3 is 0 Å². The van der Waals surface area contributed by atoms with Crippen LogP contribution in [0.5, 0.6) is 0 Å². The van der Waals surface area contributed by atoms with Crippen LogP contribution in [0.1, 0.15) is 51.1 Å². The third-order valence-corrected chi connectivity index (χ3v) is 6.27. The molecule has 2 heterocycles. The molecule has 0 radical (unpaired) electrons. The maximum absolute atomic E-state index is 13.3. The number of anilines is 1. The molecule has 1 saturated heterocycles. The molecule has 6 heteroatoms. The van der Waals surface area contributed by atoms with Gasteiger partial charge in [-0.05, 0) is 50.2 Å². The van der Waals surface area contributed by atoms with Crippen molar-refractivity contribution in [2.24, 2.45) is 0 Å². The lowest BCUT2D eigenvalue weighted by atomic mass is 10.2. The zero-order valence-electron chi connectivity index (χ0n) is 18.1. The van der Waals surface area contributed by atoms with Gasteiger partial charge in [0.05, 0.1) is 25.9 Å². The number of hydrogen-bond donors (Lipinski definition) is 2. The second-order valence-electron chi connectivity index (χ2n) is 8.83. The van der Waals surface area contributed by atoms with E-state index >= 15 is 0 Å². The number of methoxy groups -OCH3 is 1. The number of likely N-dealkylation sites (tertiary alicyclic amines) is 1. The zero-order chi connectivity index (χ0) is 21.1. The van der Waals surface area contributed by atoms with Crippen molar-refractivity contribution in [2.75, 3.05) is 38.6 Å². The van der Waals surface area contributed by atoms with Crippen molar-refractivity contribution in [1.29, 1.82) is 0 Å². The molecule has 160 valence electrons. The summed E-state index contributed by atoms with van der Waals surface area (Å²) in [7, 11) is 1.68. The van der Waals surface area contributed by atoms with Crippen LogP contribution in [0.15, 0.2) is 29.8 Å². The molecule has 0 bridgehead atoms. The second kappa shape index (κ2) is 8.64. The first-order chi connectivity index (χ1) is 14.5. The van der Waals surface area contributed by atoms with Crippen LogP contribution in [0.2, 0.25) is 0 Å². The molecular weight excluding hydrogens is 378 g/mol. The summed E-state index contributed by atoms with van der Waals surface area (Å²) in [4.78, 5) is 28.7. The van der Waals surface area contributed by atoms with E-state index in [0.29, 0.717) is 17.6 Å². The number of benzene rings is 1. The number of aromatic nitrogens is 1. The Morgan fingerprint density at radius 3 is 2.40 bits per heavy atom. The molecule has 0 atom stereocenters. The second-order valence-corrected chi connectivity index (χ2v) is 8.83. The van der Waals surface area contributed by atoms with Crippen molar-refractivity contribution in [2.45, 2.75) is 45.4 Å². The number of hydrogen-bond acceptors (Lipinski definition) is 3. The summed E-state index contributed by atoms with van der Waals surface area (Å²) in [5.74, 6) is 0.946. The van der Waals surface area contributed by atoms with Gasteiger partial charge in [-0.15, -0.1) is 0 Å². The summed E-state index contributed by atoms with van der Waals surface area (Å²) < 4.78 is 6.27. The molecule has 2 aromatic rings. The number of carbonyl (C=O) groups excluding carboxylic acids is 2. The van der Waals surface area contributed by atoms with Crippen LogP contribution in [0, 0.1) is 0 Å². The predicted molar refractivity (Wildman–Crippen MR) is 119 cm³/mol. The third-order valence-electron chi connectivity index (χ3n) is 6.27. The van der Waals surface area contributed by atoms with Gasteiger partial charge in [0.1, 0.15) is 18.0 Å². The zero-order valence-corrected chi connectivity index (χ0v) is 18.1. The minimum Gasteiger partial charge on any atom is -0.495 e. The maximum Gasteiger partial charge on any atom is 0.279 e. The smallest absolute Gasteiger partial charge is 0.279 e. The van der Waals surface area contributed by atoms with Gasteiger partial charge in [0, 0.05) is 17.8 Å². The van der Waals surface area contributed by atoms with Gasteiger partial charge in [-0.25, -0.2) is 0 Å². The Morgan fingerprint density at radius 2 is 1.77 bits per heavy atom. The summed E-state index contributed by atoms with van der Waals surface area (Å²) in [6.07, 6.45) is 6.56. The number of H-pyrrole nitrogens is 1. The maximum atomic E-state index is 13.3. The quantitative estimate of drug-likeness (QED) is 0.530. The molecule has 2 N–H and O–H groups in total. The number of fused-ring (bicyclic) bond motifs is 1. The van der Waals surface area contributed by atoms with Gasteiger partial charge in [0.25, 0.3) is 5.91 Å². The molecule has 2 fully saturated rings. The number of aromatic amines is 1. The largest absolute Gasteiger partial charge is 0.495 e. The normalized spacial score (nSPS) is 18.0. The molecule has 1 aliphatic carbocycles. The van der Waals surface area contributed by atoms with E-state index < -0.39 is 0 Å². The van der Waals surface area contributed by atoms with Crippen LogP contribution in [0.3, 0.4) is 0 Å². The van der Waals surface area contributed by atoms with Crippen LogP contribution >= 0.6 is 0 Å². The van der Waals surface area contributed by atoms with Crippen LogP contribution in [-0.4, -0.2) is 54.4 Å². The number of para-hydroxylation sites is 1. The fourth-order valence-corrected chi connectivity index (χ4v) is 4.84. The molecule has 6 nitrogen and oxygen atoms in total. The molecule has 30 heavy (non-hydrogen) atoms. The van der Waals surface area contributed by atoms with Gasteiger partial charge in [-0.3, -0.25) is 9.59 Å². The van der Waals surface area contributed by atoms with E-state index in [0.717, 1.165) is 66.8 Å². The van der Waals surface area contributed by atoms with E-state index in [1.807, 2.05) is 24.3 Å². The number of carbonyl (C=O) groups is 2. The summed E-state index contributed by atoms with van der Waals surface area (Å²) in [5.41, 5.74) is 3.87. The van der Waals surface area contributed by atoms with Crippen LogP contribution in [0.4, 0.5) is 5.69 Å². The summed E-state index contributed by atoms with van der Waals surface area (Å²) in [5, 5.41) is 4.16. The number of nitrogens with zero attached hydrogens (tertiary/aromatic N) is 1. The molecular formula is C24H32N3O3+. The van der Waals surface area contributed by atoms with Gasteiger partial charge in [0.2, 0.25) is 0 Å². The van der Waals surface area contributed by atoms with Gasteiger partial charge < -0.3 is 19.5 Å². The number of Topliss-reactive ketones (excluding diaryl/α,β-unsaturated/α-hetero) is 1. The Kier molecular flexibility index (Phi) is 5.95. The topological polar surface area (TPSA) is 71.2 Å². The highest BCUT2D eigenvalue weighted by Gasteiger charge is 2.34. The monoisotopic (exact) mass is 410 g/mol. The molecule has 0 unspecified atom stereocenters. The van der Waals surface area contributed by atoms with Crippen LogP contribution in [-0.2, 0) is 14.3 Å². The first kappa shape index (κ1) is 20.7. The number of ketones is 1. The fourth-order valence-electron chi connectivity index (χ4n) is 4.84. The van der Waals surface area contributed by atoms with Crippen molar-refractivity contribution in [1.82, 2.24) is 4.98 Å². The van der Waals surface area contributed by atoms with Crippen LogP contribution < -0.4 is 5.32 Å². The highest BCUT2D eigenvalue weighted by molar-refractivity contribution is 6.06. The first-order valence-corrected chi connectivity index (χ1v) is 11.0. The third kappa shape index (κ3) is 4.43. The van der Waals surface area contributed by atoms with E-state index in [2.05, 4.69) is 10.3 Å². The lowest BCUT2D eigenvalue weighted by molar-refractivity contribution is -0.912. The average molecular weight is 411 g/mol. The van der Waals surface area contributed by atoms with Gasteiger partial charge in [0.15, 0.2) is 12.3 Å². The number of quaternary nitrogens is 1. The predicted octanol–water partition coefficient (Wildman–Crippen LogP) is 4.24. The molecule has 1 aliphatic heterocycles. The lowest BCUT2D eigenvalue weighted by Gasteiger charge is -2.36. The van der Waals surface area contributed by atoms with E-state index in [1.165, 1.54) is 18.4 Å². The van der Waals surface area contributed by atoms with E-state index in [1.54, 1.807) is 14.0 Å². The van der Waals surface area contributed by atoms with Crippen molar-refractivity contribution in [3.8, 4) is 0 Å². The molecule has 1 aromatic carbocycles. The van der Waals surface area contributed by atoms with Crippen molar-refractivity contribution >= 4 is 34.0 Å². The number of amides is 1. The number of allylic oxidation sites excluding steroid dienone is 1. The minimum atomic E-state index is -0.0413. The molecule has 2 aliphatic rings. The molecule has 0 spiro atoms. The Balaban J connectivity index is 1.64. The van der Waals surface area contributed by atoms with E-state index in [9.17, 15) is 9.59 Å². The van der Waals surface area contributed by atoms with Crippen molar-refractivity contribution in [3.05, 3.63) is 35.5 Å². The van der Waals surface area contributed by atoms with Gasteiger partial charge in [-0.1, -0.05) is 18.2 Å². The Hall–Kier alpha value is -2.60. The number of rotatable bonds is 7. The Labute approximate surface area is 177 Å². The summed E-state index contributed by atoms with van der Waals surface area (Å²) in [6, 6.07) is 7.99. The molecule has 1 saturated carbocycles. The number of ether oxygens (including phenoxy) is 1. The Morgan fingerprint density at radius 1 is 1.07 bits per heavy atom. The minimum absolute atomic E-state index is 0.0413. The highest BCUT2D eigenvalue weighted by atomic mass is 16.5. The summed E-state index contributed by atoms with van der Waals surface area (Å²) >= 11 is 0. The standard InChI is InChI=1S/C24H31N3O3/c1-17(28)15-27(13-7-3-4-8-14-27)16-21(29)26-22-19-9-5-6-10-20(19)25-23(22)24(30-2)18-11-12-18/h5-6,9-10,25H,3-4,7-8,11-16H2,1-2H3/p+1.